The molecule has 3 amide bonds. The SMILES string of the molecule is CC(=O)NC1[C@H](COC[C@@H]2C(CO)O[C@@H](COC[C@@H]3C(CO)O[C@@H](O)C(NC(C)=O)[C@H]3O)C(NC(C)=O)[C@H]2OC(OC(C)=O)C(O)CO)OC(CO)[C@@H](O)[C@@H]1O. The van der Waals surface area contributed by atoms with Crippen LogP contribution in [0.15, 0.2) is 0 Å². The lowest BCUT2D eigenvalue weighted by Crippen LogP contribution is -2.66. The molecule has 23 nitrogen and oxygen atoms in total. The zero-order valence-corrected chi connectivity index (χ0v) is 31.5. The van der Waals surface area contributed by atoms with Crippen molar-refractivity contribution >= 4 is 23.7 Å². The summed E-state index contributed by atoms with van der Waals surface area (Å²) in [5, 5.41) is 100. The average molecular weight is 816 g/mol. The molecule has 56 heavy (non-hydrogen) atoms. The Morgan fingerprint density at radius 3 is 1.59 bits per heavy atom. The number of rotatable bonds is 19. The Morgan fingerprint density at radius 2 is 1.07 bits per heavy atom. The number of hydrogen-bond donors (Lipinski definition) is 12. The molecule has 3 aliphatic heterocycles. The average Bonchev–Trinajstić information content (AvgIpc) is 3.13. The summed E-state index contributed by atoms with van der Waals surface area (Å²) in [7, 11) is 0. The Labute approximate surface area is 322 Å². The van der Waals surface area contributed by atoms with Crippen molar-refractivity contribution in [1.82, 2.24) is 16.0 Å². The Balaban J connectivity index is 1.91. The molecular weight excluding hydrogens is 758 g/mol. The van der Waals surface area contributed by atoms with E-state index in [1.54, 1.807) is 0 Å². The van der Waals surface area contributed by atoms with Crippen LogP contribution in [0.3, 0.4) is 0 Å². The molecule has 324 valence electrons. The number of ether oxygens (including phenoxy) is 7. The molecule has 0 aromatic rings. The summed E-state index contributed by atoms with van der Waals surface area (Å²) in [5.41, 5.74) is 0. The van der Waals surface area contributed by atoms with Crippen molar-refractivity contribution in [3.63, 3.8) is 0 Å². The third-order valence-corrected chi connectivity index (χ3v) is 9.67. The van der Waals surface area contributed by atoms with E-state index >= 15 is 0 Å². The highest BCUT2D eigenvalue weighted by molar-refractivity contribution is 5.74. The second-order valence-electron chi connectivity index (χ2n) is 13.9. The standard InChI is InChI=1S/C33H57N3O20/c1-13(41)34-25-23(54-22(8-40)29(47)30(25)48)11-51-10-18-21(7-39)53-24(26(35-14(2)42)31(18)56-33(19(45)5-37)52-16(4)44)12-50-9-17-20(6-38)55-32(49)27(28(17)46)36-15(3)43/h17-33,37-40,45-49H,5-12H2,1-4H3,(H,34,41)(H,35,42)(H,36,43)/t17-,18-,19?,20?,21?,22?,23+,24+,25?,26?,27?,28+,29-,30-,31+,32-,33?/m1/s1. The van der Waals surface area contributed by atoms with E-state index in [2.05, 4.69) is 16.0 Å². The molecule has 23 heteroatoms. The van der Waals surface area contributed by atoms with Crippen LogP contribution >= 0.6 is 0 Å². The van der Waals surface area contributed by atoms with E-state index in [4.69, 9.17) is 33.2 Å². The van der Waals surface area contributed by atoms with E-state index in [1.807, 2.05) is 0 Å². The predicted molar refractivity (Wildman–Crippen MR) is 182 cm³/mol. The number of nitrogens with one attached hydrogen (secondary N) is 3. The van der Waals surface area contributed by atoms with E-state index in [0.29, 0.717) is 0 Å². The maximum atomic E-state index is 12.6. The van der Waals surface area contributed by atoms with Gasteiger partial charge in [0.2, 0.25) is 24.0 Å². The quantitative estimate of drug-likeness (QED) is 0.0426. The Bertz CT molecular complexity index is 1270. The molecule has 3 fully saturated rings. The van der Waals surface area contributed by atoms with Crippen LogP contribution < -0.4 is 16.0 Å². The van der Waals surface area contributed by atoms with Crippen molar-refractivity contribution in [3.05, 3.63) is 0 Å². The Hall–Kier alpha value is -2.72. The van der Waals surface area contributed by atoms with Crippen molar-refractivity contribution in [3.8, 4) is 0 Å². The number of esters is 1. The van der Waals surface area contributed by atoms with Gasteiger partial charge in [0.15, 0.2) is 6.29 Å². The highest BCUT2D eigenvalue weighted by atomic mass is 16.7. The van der Waals surface area contributed by atoms with E-state index in [-0.39, 0.29) is 13.2 Å². The third-order valence-electron chi connectivity index (χ3n) is 9.67. The van der Waals surface area contributed by atoms with Gasteiger partial charge in [-0.15, -0.1) is 0 Å². The van der Waals surface area contributed by atoms with Gasteiger partial charge in [0, 0.05) is 39.5 Å². The lowest BCUT2D eigenvalue weighted by molar-refractivity contribution is -0.272. The summed E-state index contributed by atoms with van der Waals surface area (Å²) in [4.78, 5) is 48.2. The van der Waals surface area contributed by atoms with Gasteiger partial charge < -0.3 is 95.1 Å². The molecule has 3 saturated heterocycles. The minimum Gasteiger partial charge on any atom is -0.433 e. The second-order valence-corrected chi connectivity index (χ2v) is 13.9. The fourth-order valence-electron chi connectivity index (χ4n) is 7.00. The van der Waals surface area contributed by atoms with Crippen LogP contribution in [-0.4, -0.2) is 214 Å². The van der Waals surface area contributed by atoms with Gasteiger partial charge in [0.25, 0.3) is 0 Å². The molecule has 8 unspecified atom stereocenters. The van der Waals surface area contributed by atoms with Crippen LogP contribution in [0.4, 0.5) is 0 Å². The zero-order chi connectivity index (χ0) is 41.9. The number of amides is 3. The molecule has 0 aliphatic carbocycles. The molecule has 0 radical (unpaired) electrons. The number of aliphatic hydroxyl groups is 9. The lowest BCUT2D eigenvalue weighted by Gasteiger charge is -2.48. The summed E-state index contributed by atoms with van der Waals surface area (Å²) in [6.45, 7) is 0.0258. The zero-order valence-electron chi connectivity index (χ0n) is 31.5. The maximum absolute atomic E-state index is 12.6. The second kappa shape index (κ2) is 22.4. The predicted octanol–water partition coefficient (Wildman–Crippen LogP) is -7.29. The van der Waals surface area contributed by atoms with Crippen molar-refractivity contribution in [2.45, 2.75) is 119 Å². The Kier molecular flexibility index (Phi) is 19.1. The molecule has 3 heterocycles. The molecule has 0 aromatic carbocycles. The molecular formula is C33H57N3O20. The molecule has 0 bridgehead atoms. The molecule has 0 spiro atoms. The van der Waals surface area contributed by atoms with Crippen LogP contribution in [0.1, 0.15) is 27.7 Å². The summed E-state index contributed by atoms with van der Waals surface area (Å²) in [6, 6.07) is -3.70. The van der Waals surface area contributed by atoms with Gasteiger partial charge in [0.1, 0.15) is 42.7 Å². The largest absolute Gasteiger partial charge is 0.433 e. The van der Waals surface area contributed by atoms with Crippen LogP contribution in [0.2, 0.25) is 0 Å². The Morgan fingerprint density at radius 1 is 0.589 bits per heavy atom. The first kappa shape index (κ1) is 47.7. The molecule has 3 rings (SSSR count). The number of carbonyl (C=O) groups excluding carboxylic acids is 4. The summed E-state index contributed by atoms with van der Waals surface area (Å²) in [5.74, 6) is -4.77. The molecule has 3 aliphatic rings. The van der Waals surface area contributed by atoms with Crippen molar-refractivity contribution in [2.24, 2.45) is 11.8 Å². The maximum Gasteiger partial charge on any atom is 0.305 e. The fraction of sp³-hybridized carbons (Fsp3) is 0.879. The highest BCUT2D eigenvalue weighted by Crippen LogP contribution is 2.33. The van der Waals surface area contributed by atoms with Crippen molar-refractivity contribution in [1.29, 1.82) is 0 Å². The minimum absolute atomic E-state index is 0.352. The van der Waals surface area contributed by atoms with Crippen LogP contribution in [-0.2, 0) is 52.3 Å². The van der Waals surface area contributed by atoms with E-state index in [0.717, 1.165) is 6.92 Å². The van der Waals surface area contributed by atoms with Gasteiger partial charge >= 0.3 is 5.97 Å². The third kappa shape index (κ3) is 12.6. The van der Waals surface area contributed by atoms with Gasteiger partial charge in [-0.1, -0.05) is 0 Å². The van der Waals surface area contributed by atoms with E-state index in [9.17, 15) is 65.1 Å². The lowest BCUT2D eigenvalue weighted by atomic mass is 9.85. The molecule has 0 saturated carbocycles. The van der Waals surface area contributed by atoms with Gasteiger partial charge in [0.05, 0.1) is 89.4 Å². The smallest absolute Gasteiger partial charge is 0.305 e. The summed E-state index contributed by atoms with van der Waals surface area (Å²) >= 11 is 0. The first-order chi connectivity index (χ1) is 26.5. The van der Waals surface area contributed by atoms with Crippen LogP contribution in [0.5, 0.6) is 0 Å². The molecule has 17 atom stereocenters. The molecule has 0 aromatic heterocycles. The minimum atomic E-state index is -1.83. The highest BCUT2D eigenvalue weighted by Gasteiger charge is 2.51. The normalized spacial score (nSPS) is 37.2. The first-order valence-corrected chi connectivity index (χ1v) is 18.1. The fourth-order valence-corrected chi connectivity index (χ4v) is 7.00. The van der Waals surface area contributed by atoms with E-state index in [1.165, 1.54) is 20.8 Å². The first-order valence-electron chi connectivity index (χ1n) is 18.1. The van der Waals surface area contributed by atoms with Crippen LogP contribution in [0, 0.1) is 11.8 Å². The number of aliphatic hydroxyl groups excluding tert-OH is 9. The monoisotopic (exact) mass is 815 g/mol. The van der Waals surface area contributed by atoms with Gasteiger partial charge in [-0.2, -0.15) is 0 Å². The number of hydrogen-bond acceptors (Lipinski definition) is 20. The van der Waals surface area contributed by atoms with Crippen molar-refractivity contribution in [2.75, 3.05) is 52.9 Å². The topological polar surface area (TPSA) is 351 Å². The summed E-state index contributed by atoms with van der Waals surface area (Å²) < 4.78 is 40.4. The van der Waals surface area contributed by atoms with E-state index < -0.39 is 167 Å². The van der Waals surface area contributed by atoms with Crippen LogP contribution in [0.25, 0.3) is 0 Å². The summed E-state index contributed by atoms with van der Waals surface area (Å²) in [6.07, 6.45) is -17.1. The number of carbonyl (C=O) groups is 4. The molecule has 12 N–H and O–H groups in total. The van der Waals surface area contributed by atoms with Crippen molar-refractivity contribution < 1.29 is 98.3 Å². The van der Waals surface area contributed by atoms with Gasteiger partial charge in [-0.3, -0.25) is 19.2 Å². The van der Waals surface area contributed by atoms with Gasteiger partial charge in [-0.05, 0) is 0 Å². The van der Waals surface area contributed by atoms with Gasteiger partial charge in [-0.25, -0.2) is 0 Å².